The summed E-state index contributed by atoms with van der Waals surface area (Å²) in [6.07, 6.45) is -7.84. The summed E-state index contributed by atoms with van der Waals surface area (Å²) in [5.74, 6) is 0. The van der Waals surface area contributed by atoms with Gasteiger partial charge in [0.1, 0.15) is 0 Å². The van der Waals surface area contributed by atoms with Crippen molar-refractivity contribution in [3.05, 3.63) is 33.2 Å². The number of aromatic nitrogens is 1. The summed E-state index contributed by atoms with van der Waals surface area (Å²) in [7, 11) is 0. The van der Waals surface area contributed by atoms with Crippen molar-refractivity contribution in [1.82, 2.24) is 4.98 Å². The highest BCUT2D eigenvalue weighted by molar-refractivity contribution is 5.34. The van der Waals surface area contributed by atoms with Crippen LogP contribution in [0.2, 0.25) is 0 Å². The van der Waals surface area contributed by atoms with Crippen LogP contribution >= 0.6 is 0 Å². The first kappa shape index (κ1) is 11.7. The lowest BCUT2D eigenvalue weighted by molar-refractivity contribution is -0.140. The van der Waals surface area contributed by atoms with E-state index in [0.29, 0.717) is 6.20 Å². The largest absolute Gasteiger partial charge is 0.417 e. The Labute approximate surface area is 80.7 Å². The first-order valence-electron chi connectivity index (χ1n) is 3.82. The van der Waals surface area contributed by atoms with Gasteiger partial charge in [0.2, 0.25) is 0 Å². The Morgan fingerprint density at radius 3 is 2.27 bits per heavy atom. The fraction of sp³-hybridized carbons (Fsp3) is 0.375. The summed E-state index contributed by atoms with van der Waals surface area (Å²) in [4.78, 5) is 12.7. The Balaban J connectivity index is 3.57. The minimum atomic E-state index is -4.95. The lowest BCUT2D eigenvalue weighted by Crippen LogP contribution is -2.21. The van der Waals surface area contributed by atoms with Gasteiger partial charge < -0.3 is 4.98 Å². The van der Waals surface area contributed by atoms with Crippen LogP contribution in [-0.4, -0.2) is 4.98 Å². The zero-order valence-corrected chi connectivity index (χ0v) is 7.45. The van der Waals surface area contributed by atoms with Crippen molar-refractivity contribution in [3.8, 4) is 0 Å². The molecule has 0 fully saturated rings. The molecule has 1 aromatic rings. The van der Waals surface area contributed by atoms with Gasteiger partial charge in [0.25, 0.3) is 12.0 Å². The molecule has 1 rings (SSSR count). The molecule has 0 aliphatic carbocycles. The third-order valence-corrected chi connectivity index (χ3v) is 1.88. The molecule has 1 N–H and O–H groups in total. The Morgan fingerprint density at radius 1 is 1.33 bits per heavy atom. The topological polar surface area (TPSA) is 32.9 Å². The minimum Gasteiger partial charge on any atom is -0.328 e. The van der Waals surface area contributed by atoms with Crippen LogP contribution in [0.5, 0.6) is 0 Å². The standard InChI is InChI=1S/C8H6F5NO/c1-3-5(8(11,12)13)4(6(9)10)2-14-7(3)15/h2,6H,1H3,(H,14,15). The number of alkyl halides is 5. The molecule has 0 aliphatic rings. The summed E-state index contributed by atoms with van der Waals surface area (Å²) in [5, 5.41) is 0. The zero-order chi connectivity index (χ0) is 11.8. The molecular formula is C8H6F5NO. The molecule has 0 unspecified atom stereocenters. The van der Waals surface area contributed by atoms with Crippen LogP contribution < -0.4 is 5.56 Å². The van der Waals surface area contributed by atoms with Crippen LogP contribution in [-0.2, 0) is 6.18 Å². The SMILES string of the molecule is Cc1c(C(F)(F)F)c(C(F)F)c[nH]c1=O. The Morgan fingerprint density at radius 2 is 1.87 bits per heavy atom. The first-order chi connectivity index (χ1) is 6.75. The quantitative estimate of drug-likeness (QED) is 0.735. The number of H-pyrrole nitrogens is 1. The van der Waals surface area contributed by atoms with Crippen molar-refractivity contribution < 1.29 is 22.0 Å². The molecule has 15 heavy (non-hydrogen) atoms. The number of halogens is 5. The molecule has 0 aliphatic heterocycles. The van der Waals surface area contributed by atoms with E-state index >= 15 is 0 Å². The summed E-state index contributed by atoms with van der Waals surface area (Å²) in [6.45, 7) is 0.855. The van der Waals surface area contributed by atoms with Gasteiger partial charge in [-0.2, -0.15) is 13.2 Å². The van der Waals surface area contributed by atoms with E-state index in [4.69, 9.17) is 0 Å². The maximum absolute atomic E-state index is 12.4. The second-order valence-corrected chi connectivity index (χ2v) is 2.87. The monoisotopic (exact) mass is 227 g/mol. The predicted molar refractivity (Wildman–Crippen MR) is 41.8 cm³/mol. The molecule has 0 bridgehead atoms. The van der Waals surface area contributed by atoms with Gasteiger partial charge in [0.15, 0.2) is 0 Å². The highest BCUT2D eigenvalue weighted by atomic mass is 19.4. The number of aromatic amines is 1. The van der Waals surface area contributed by atoms with Gasteiger partial charge in [0.05, 0.1) is 5.56 Å². The van der Waals surface area contributed by atoms with Gasteiger partial charge in [-0.25, -0.2) is 8.78 Å². The lowest BCUT2D eigenvalue weighted by atomic mass is 10.1. The van der Waals surface area contributed by atoms with Crippen LogP contribution in [0.3, 0.4) is 0 Å². The smallest absolute Gasteiger partial charge is 0.328 e. The number of nitrogens with one attached hydrogen (secondary N) is 1. The van der Waals surface area contributed by atoms with E-state index in [2.05, 4.69) is 0 Å². The molecule has 0 aromatic carbocycles. The van der Waals surface area contributed by atoms with Crippen LogP contribution in [0.25, 0.3) is 0 Å². The average Bonchev–Trinajstić information content (AvgIpc) is 2.06. The molecule has 1 aromatic heterocycles. The third kappa shape index (κ3) is 2.16. The molecule has 0 atom stereocenters. The van der Waals surface area contributed by atoms with Crippen molar-refractivity contribution in [3.63, 3.8) is 0 Å². The lowest BCUT2D eigenvalue weighted by Gasteiger charge is -2.13. The average molecular weight is 227 g/mol. The fourth-order valence-electron chi connectivity index (χ4n) is 1.20. The van der Waals surface area contributed by atoms with Crippen LogP contribution in [0, 0.1) is 6.92 Å². The normalized spacial score (nSPS) is 12.2. The van der Waals surface area contributed by atoms with E-state index in [9.17, 15) is 26.7 Å². The Kier molecular flexibility index (Phi) is 2.83. The summed E-state index contributed by atoms with van der Waals surface area (Å²) < 4.78 is 61.6. The highest BCUT2D eigenvalue weighted by Gasteiger charge is 2.38. The molecule has 0 radical (unpaired) electrons. The van der Waals surface area contributed by atoms with Crippen LogP contribution in [0.4, 0.5) is 22.0 Å². The molecule has 0 saturated heterocycles. The molecule has 7 heteroatoms. The van der Waals surface area contributed by atoms with Gasteiger partial charge in [-0.1, -0.05) is 0 Å². The van der Waals surface area contributed by atoms with E-state index in [1.807, 2.05) is 4.98 Å². The van der Waals surface area contributed by atoms with Gasteiger partial charge in [-0.05, 0) is 6.92 Å². The maximum Gasteiger partial charge on any atom is 0.417 e. The maximum atomic E-state index is 12.4. The Bertz CT molecular complexity index is 420. The van der Waals surface area contributed by atoms with Gasteiger partial charge in [-0.3, -0.25) is 4.79 Å². The van der Waals surface area contributed by atoms with E-state index in [-0.39, 0.29) is 0 Å². The number of pyridine rings is 1. The molecule has 0 saturated carbocycles. The second-order valence-electron chi connectivity index (χ2n) is 2.87. The van der Waals surface area contributed by atoms with Gasteiger partial charge in [0, 0.05) is 17.3 Å². The highest BCUT2D eigenvalue weighted by Crippen LogP contribution is 2.36. The molecule has 0 spiro atoms. The number of hydrogen-bond donors (Lipinski definition) is 1. The molecule has 0 amide bonds. The fourth-order valence-corrected chi connectivity index (χ4v) is 1.20. The minimum absolute atomic E-state index is 0.392. The predicted octanol–water partition coefficient (Wildman–Crippen LogP) is 2.64. The van der Waals surface area contributed by atoms with E-state index in [1.165, 1.54) is 0 Å². The van der Waals surface area contributed by atoms with E-state index in [0.717, 1.165) is 6.92 Å². The van der Waals surface area contributed by atoms with Crippen molar-refractivity contribution >= 4 is 0 Å². The second kappa shape index (κ2) is 3.63. The summed E-state index contributed by atoms with van der Waals surface area (Å²) in [6, 6.07) is 0. The van der Waals surface area contributed by atoms with Gasteiger partial charge >= 0.3 is 6.18 Å². The summed E-state index contributed by atoms with van der Waals surface area (Å²) >= 11 is 0. The molecule has 84 valence electrons. The van der Waals surface area contributed by atoms with Crippen molar-refractivity contribution in [2.75, 3.05) is 0 Å². The van der Waals surface area contributed by atoms with Crippen molar-refractivity contribution in [2.24, 2.45) is 0 Å². The van der Waals surface area contributed by atoms with Crippen LogP contribution in [0.15, 0.2) is 11.0 Å². The number of hydrogen-bond acceptors (Lipinski definition) is 1. The molecule has 2 nitrogen and oxygen atoms in total. The molecular weight excluding hydrogens is 221 g/mol. The van der Waals surface area contributed by atoms with E-state index < -0.39 is 34.9 Å². The zero-order valence-electron chi connectivity index (χ0n) is 7.45. The van der Waals surface area contributed by atoms with Gasteiger partial charge in [-0.15, -0.1) is 0 Å². The van der Waals surface area contributed by atoms with Crippen molar-refractivity contribution in [2.45, 2.75) is 19.5 Å². The van der Waals surface area contributed by atoms with Crippen molar-refractivity contribution in [1.29, 1.82) is 0 Å². The summed E-state index contributed by atoms with van der Waals surface area (Å²) in [5.41, 5.74) is -4.53. The first-order valence-corrected chi connectivity index (χ1v) is 3.82. The third-order valence-electron chi connectivity index (χ3n) is 1.88. The van der Waals surface area contributed by atoms with E-state index in [1.54, 1.807) is 0 Å². The molecule has 1 heterocycles. The Hall–Kier alpha value is -1.40. The number of rotatable bonds is 1. The van der Waals surface area contributed by atoms with Crippen LogP contribution in [0.1, 0.15) is 23.1 Å².